The van der Waals surface area contributed by atoms with Crippen LogP contribution in [0.2, 0.25) is 10.0 Å². The molecule has 1 heterocycles. The first kappa shape index (κ1) is 15.4. The summed E-state index contributed by atoms with van der Waals surface area (Å²) in [6.45, 7) is 0. The fraction of sp³-hybridized carbons (Fsp3) is 0. The van der Waals surface area contributed by atoms with Crippen molar-refractivity contribution < 1.29 is 9.21 Å². The standard InChI is InChI=1S/C16H10Cl2N2O3/c17-10-5-8(6-11(18)15(10)19)20-16(22)14-7-12(21)9-3-1-2-4-13(9)23-14/h1-7H,19H2,(H,20,22). The largest absolute Gasteiger partial charge is 0.451 e. The molecular weight excluding hydrogens is 339 g/mol. The quantitative estimate of drug-likeness (QED) is 0.687. The summed E-state index contributed by atoms with van der Waals surface area (Å²) < 4.78 is 5.46. The second-order valence-corrected chi connectivity index (χ2v) is 5.59. The minimum atomic E-state index is -0.593. The van der Waals surface area contributed by atoms with Crippen molar-refractivity contribution in [1.82, 2.24) is 0 Å². The van der Waals surface area contributed by atoms with Gasteiger partial charge in [0.05, 0.1) is 21.1 Å². The van der Waals surface area contributed by atoms with E-state index in [1.165, 1.54) is 12.1 Å². The molecule has 3 aromatic rings. The van der Waals surface area contributed by atoms with Crippen LogP contribution in [0.5, 0.6) is 0 Å². The third-order valence-corrected chi connectivity index (χ3v) is 3.82. The van der Waals surface area contributed by atoms with Gasteiger partial charge in [-0.25, -0.2) is 0 Å². The summed E-state index contributed by atoms with van der Waals surface area (Å²) in [4.78, 5) is 24.3. The average molecular weight is 349 g/mol. The van der Waals surface area contributed by atoms with Crippen molar-refractivity contribution in [2.75, 3.05) is 11.1 Å². The van der Waals surface area contributed by atoms with Crippen molar-refractivity contribution in [1.29, 1.82) is 0 Å². The molecule has 2 aromatic carbocycles. The third-order valence-electron chi connectivity index (χ3n) is 3.20. The van der Waals surface area contributed by atoms with Gasteiger partial charge in [0.1, 0.15) is 5.58 Å². The van der Waals surface area contributed by atoms with Crippen molar-refractivity contribution >= 4 is 51.5 Å². The van der Waals surface area contributed by atoms with E-state index in [0.29, 0.717) is 16.7 Å². The average Bonchev–Trinajstić information content (AvgIpc) is 2.52. The van der Waals surface area contributed by atoms with E-state index < -0.39 is 5.91 Å². The predicted octanol–water partition coefficient (Wildman–Crippen LogP) is 3.93. The fourth-order valence-corrected chi connectivity index (χ4v) is 2.55. The molecule has 1 amide bonds. The van der Waals surface area contributed by atoms with Gasteiger partial charge >= 0.3 is 0 Å². The number of hydrogen-bond donors (Lipinski definition) is 2. The molecule has 0 fully saturated rings. The fourth-order valence-electron chi connectivity index (χ4n) is 2.07. The van der Waals surface area contributed by atoms with E-state index >= 15 is 0 Å². The van der Waals surface area contributed by atoms with Crippen LogP contribution >= 0.6 is 23.2 Å². The maximum Gasteiger partial charge on any atom is 0.291 e. The van der Waals surface area contributed by atoms with Crippen molar-refractivity contribution in [2.45, 2.75) is 0 Å². The number of halogens is 2. The summed E-state index contributed by atoms with van der Waals surface area (Å²) in [5, 5.41) is 3.40. The number of carbonyl (C=O) groups is 1. The second kappa shape index (κ2) is 5.95. The number of para-hydroxylation sites is 1. The first-order valence-electron chi connectivity index (χ1n) is 6.54. The second-order valence-electron chi connectivity index (χ2n) is 4.78. The van der Waals surface area contributed by atoms with Crippen LogP contribution in [0.1, 0.15) is 10.6 Å². The molecule has 0 saturated heterocycles. The number of rotatable bonds is 2. The summed E-state index contributed by atoms with van der Waals surface area (Å²) in [7, 11) is 0. The SMILES string of the molecule is Nc1c(Cl)cc(NC(=O)c2cc(=O)c3ccccc3o2)cc1Cl. The third kappa shape index (κ3) is 3.02. The van der Waals surface area contributed by atoms with Crippen molar-refractivity contribution in [3.05, 3.63) is 68.5 Å². The minimum Gasteiger partial charge on any atom is -0.451 e. The Balaban J connectivity index is 1.96. The zero-order chi connectivity index (χ0) is 16.6. The van der Waals surface area contributed by atoms with Gasteiger partial charge in [-0.2, -0.15) is 0 Å². The molecule has 1 aromatic heterocycles. The number of nitrogen functional groups attached to an aromatic ring is 1. The van der Waals surface area contributed by atoms with Gasteiger partial charge in [-0.1, -0.05) is 35.3 Å². The van der Waals surface area contributed by atoms with E-state index in [-0.39, 0.29) is 26.9 Å². The van der Waals surface area contributed by atoms with Crippen molar-refractivity contribution in [3.63, 3.8) is 0 Å². The van der Waals surface area contributed by atoms with E-state index in [0.717, 1.165) is 6.07 Å². The molecule has 23 heavy (non-hydrogen) atoms. The molecule has 0 spiro atoms. The van der Waals surface area contributed by atoms with E-state index in [1.807, 2.05) is 0 Å². The minimum absolute atomic E-state index is 0.113. The number of fused-ring (bicyclic) bond motifs is 1. The van der Waals surface area contributed by atoms with E-state index in [1.54, 1.807) is 24.3 Å². The van der Waals surface area contributed by atoms with Crippen molar-refractivity contribution in [3.8, 4) is 0 Å². The summed E-state index contributed by atoms with van der Waals surface area (Å²) in [6, 6.07) is 10.7. The number of benzene rings is 2. The molecule has 7 heteroatoms. The molecule has 3 N–H and O–H groups in total. The smallest absolute Gasteiger partial charge is 0.291 e. The molecule has 5 nitrogen and oxygen atoms in total. The number of anilines is 2. The zero-order valence-electron chi connectivity index (χ0n) is 11.6. The van der Waals surface area contributed by atoms with Crippen LogP contribution in [0.4, 0.5) is 11.4 Å². The van der Waals surface area contributed by atoms with Crippen LogP contribution in [0, 0.1) is 0 Å². The Morgan fingerprint density at radius 3 is 2.43 bits per heavy atom. The molecule has 0 bridgehead atoms. The van der Waals surface area contributed by atoms with Crippen LogP contribution in [0.15, 0.2) is 51.7 Å². The summed E-state index contributed by atoms with van der Waals surface area (Å²) >= 11 is 11.8. The molecule has 0 aliphatic heterocycles. The number of nitrogens with two attached hydrogens (primary N) is 1. The lowest BCUT2D eigenvalue weighted by atomic mass is 10.2. The Kier molecular flexibility index (Phi) is 3.98. The Morgan fingerprint density at radius 2 is 1.74 bits per heavy atom. The lowest BCUT2D eigenvalue weighted by Crippen LogP contribution is -2.15. The highest BCUT2D eigenvalue weighted by Crippen LogP contribution is 2.31. The molecule has 0 radical (unpaired) electrons. The van der Waals surface area contributed by atoms with E-state index in [2.05, 4.69) is 5.32 Å². The summed E-state index contributed by atoms with van der Waals surface area (Å²) in [6.07, 6.45) is 0. The maximum absolute atomic E-state index is 12.3. The lowest BCUT2D eigenvalue weighted by molar-refractivity contribution is 0.0997. The normalized spacial score (nSPS) is 10.7. The molecule has 3 rings (SSSR count). The molecule has 0 saturated carbocycles. The van der Waals surface area contributed by atoms with Crippen LogP contribution < -0.4 is 16.5 Å². The number of carbonyl (C=O) groups excluding carboxylic acids is 1. The topological polar surface area (TPSA) is 85.3 Å². The van der Waals surface area contributed by atoms with Crippen LogP contribution in [-0.4, -0.2) is 5.91 Å². The Bertz CT molecular complexity index is 959. The van der Waals surface area contributed by atoms with E-state index in [9.17, 15) is 9.59 Å². The van der Waals surface area contributed by atoms with Crippen LogP contribution in [0.25, 0.3) is 11.0 Å². The molecular formula is C16H10Cl2N2O3. The monoisotopic (exact) mass is 348 g/mol. The maximum atomic E-state index is 12.3. The first-order valence-corrected chi connectivity index (χ1v) is 7.30. The van der Waals surface area contributed by atoms with Gasteiger partial charge in [-0.05, 0) is 24.3 Å². The van der Waals surface area contributed by atoms with Crippen LogP contribution in [-0.2, 0) is 0 Å². The molecule has 0 aliphatic rings. The van der Waals surface area contributed by atoms with Crippen LogP contribution in [0.3, 0.4) is 0 Å². The molecule has 0 atom stereocenters. The highest BCUT2D eigenvalue weighted by Gasteiger charge is 2.14. The summed E-state index contributed by atoms with van der Waals surface area (Å²) in [5.41, 5.74) is 6.24. The molecule has 0 unspecified atom stereocenters. The first-order chi connectivity index (χ1) is 11.0. The predicted molar refractivity (Wildman–Crippen MR) is 91.3 cm³/mol. The highest BCUT2D eigenvalue weighted by atomic mass is 35.5. The number of hydrogen-bond acceptors (Lipinski definition) is 4. The molecule has 0 aliphatic carbocycles. The Morgan fingerprint density at radius 1 is 1.09 bits per heavy atom. The Labute approximate surface area is 140 Å². The van der Waals surface area contributed by atoms with Gasteiger partial charge in [0.2, 0.25) is 0 Å². The van der Waals surface area contributed by atoms with Gasteiger partial charge in [0.15, 0.2) is 11.2 Å². The number of amides is 1. The number of nitrogens with one attached hydrogen (secondary N) is 1. The van der Waals surface area contributed by atoms with Gasteiger partial charge in [-0.3, -0.25) is 9.59 Å². The summed E-state index contributed by atoms with van der Waals surface area (Å²) in [5.74, 6) is -0.706. The lowest BCUT2D eigenvalue weighted by Gasteiger charge is -2.08. The zero-order valence-corrected chi connectivity index (χ0v) is 13.1. The van der Waals surface area contributed by atoms with Gasteiger partial charge < -0.3 is 15.5 Å². The van der Waals surface area contributed by atoms with Gasteiger partial charge in [0, 0.05) is 11.8 Å². The van der Waals surface area contributed by atoms with E-state index in [4.69, 9.17) is 33.4 Å². The highest BCUT2D eigenvalue weighted by molar-refractivity contribution is 6.39. The molecule has 116 valence electrons. The Hall–Kier alpha value is -2.50. The van der Waals surface area contributed by atoms with Crippen molar-refractivity contribution in [2.24, 2.45) is 0 Å². The van der Waals surface area contributed by atoms with Gasteiger partial charge in [-0.15, -0.1) is 0 Å². The van der Waals surface area contributed by atoms with Gasteiger partial charge in [0.25, 0.3) is 5.91 Å².